The second kappa shape index (κ2) is 8.04. The second-order valence-corrected chi connectivity index (χ2v) is 9.48. The first kappa shape index (κ1) is 20.5. The van der Waals surface area contributed by atoms with Gasteiger partial charge in [0.25, 0.3) is 0 Å². The van der Waals surface area contributed by atoms with E-state index < -0.39 is 12.1 Å². The lowest BCUT2D eigenvalue weighted by atomic mass is 9.84. The third kappa shape index (κ3) is 3.36. The van der Waals surface area contributed by atoms with Crippen molar-refractivity contribution in [3.63, 3.8) is 0 Å². The smallest absolute Gasteiger partial charge is 0.227 e. The number of para-hydroxylation sites is 1. The van der Waals surface area contributed by atoms with Gasteiger partial charge in [0.2, 0.25) is 11.1 Å². The first-order valence-electron chi connectivity index (χ1n) is 10.4. The molecule has 8 heteroatoms. The molecule has 1 N–H and O–H groups in total. The van der Waals surface area contributed by atoms with Crippen LogP contribution in [0.25, 0.3) is 5.70 Å². The summed E-state index contributed by atoms with van der Waals surface area (Å²) in [7, 11) is 0. The molecule has 3 aromatic carbocycles. The first-order valence-corrected chi connectivity index (χ1v) is 12.4. The quantitative estimate of drug-likeness (QED) is 0.314. The molecular weight excluding hydrogens is 503 g/mol. The van der Waals surface area contributed by atoms with E-state index in [2.05, 4.69) is 26.2 Å². The molecule has 0 fully saturated rings. The summed E-state index contributed by atoms with van der Waals surface area (Å²) >= 11 is 4.96. The van der Waals surface area contributed by atoms with Crippen molar-refractivity contribution in [1.29, 1.82) is 0 Å². The van der Waals surface area contributed by atoms with Gasteiger partial charge in [-0.3, -0.25) is 0 Å². The van der Waals surface area contributed by atoms with Crippen LogP contribution >= 0.6 is 27.7 Å². The predicted molar refractivity (Wildman–Crippen MR) is 131 cm³/mol. The SMILES string of the molecule is CSc1nc2n(n1)C(c1ccccc1F)C1=C(N2)c2ccccc2OC1c1ccc(Br)cc1. The molecule has 0 spiro atoms. The summed E-state index contributed by atoms with van der Waals surface area (Å²) < 4.78 is 24.6. The number of hydrogen-bond acceptors (Lipinski definition) is 5. The van der Waals surface area contributed by atoms with Crippen LogP contribution in [0.4, 0.5) is 10.3 Å². The van der Waals surface area contributed by atoms with Crippen molar-refractivity contribution in [2.45, 2.75) is 17.3 Å². The molecule has 4 aromatic rings. The number of ether oxygens (including phenoxy) is 1. The Balaban J connectivity index is 1.65. The molecule has 0 bridgehead atoms. The number of benzene rings is 3. The van der Waals surface area contributed by atoms with Crippen LogP contribution in [0.3, 0.4) is 0 Å². The number of nitrogens with one attached hydrogen (secondary N) is 1. The fourth-order valence-electron chi connectivity index (χ4n) is 4.45. The van der Waals surface area contributed by atoms with Crippen LogP contribution in [0.1, 0.15) is 28.8 Å². The van der Waals surface area contributed by atoms with Crippen LogP contribution in [0, 0.1) is 5.82 Å². The number of thioether (sulfide) groups is 1. The zero-order valence-electron chi connectivity index (χ0n) is 17.5. The highest BCUT2D eigenvalue weighted by molar-refractivity contribution is 9.10. The van der Waals surface area contributed by atoms with E-state index in [9.17, 15) is 0 Å². The van der Waals surface area contributed by atoms with E-state index in [-0.39, 0.29) is 5.82 Å². The number of anilines is 1. The third-order valence-electron chi connectivity index (χ3n) is 5.92. The minimum atomic E-state index is -0.521. The summed E-state index contributed by atoms with van der Waals surface area (Å²) in [5.41, 5.74) is 4.19. The summed E-state index contributed by atoms with van der Waals surface area (Å²) in [6.45, 7) is 0. The molecule has 5 nitrogen and oxygen atoms in total. The van der Waals surface area contributed by atoms with Gasteiger partial charge in [0.1, 0.15) is 23.7 Å². The van der Waals surface area contributed by atoms with Crippen LogP contribution in [0.2, 0.25) is 0 Å². The van der Waals surface area contributed by atoms with Gasteiger partial charge in [-0.2, -0.15) is 4.98 Å². The maximum atomic E-state index is 15.2. The maximum absolute atomic E-state index is 15.2. The van der Waals surface area contributed by atoms with Gasteiger partial charge in [0.15, 0.2) is 0 Å². The van der Waals surface area contributed by atoms with Gasteiger partial charge in [-0.05, 0) is 42.2 Å². The highest BCUT2D eigenvalue weighted by Gasteiger charge is 2.42. The van der Waals surface area contributed by atoms with Crippen molar-refractivity contribution in [1.82, 2.24) is 14.8 Å². The predicted octanol–water partition coefficient (Wildman–Crippen LogP) is 6.46. The lowest BCUT2D eigenvalue weighted by molar-refractivity contribution is 0.222. The molecule has 0 saturated heterocycles. The van der Waals surface area contributed by atoms with Crippen LogP contribution in [0.15, 0.2) is 88.0 Å². The zero-order chi connectivity index (χ0) is 22.5. The summed E-state index contributed by atoms with van der Waals surface area (Å²) in [6.07, 6.45) is 1.49. The van der Waals surface area contributed by atoms with Gasteiger partial charge in [-0.15, -0.1) is 5.10 Å². The first-order chi connectivity index (χ1) is 16.1. The number of fused-ring (bicyclic) bond motifs is 3. The van der Waals surface area contributed by atoms with Crippen molar-refractivity contribution in [2.75, 3.05) is 11.6 Å². The molecule has 33 heavy (non-hydrogen) atoms. The molecule has 2 aliphatic rings. The molecule has 3 heterocycles. The Morgan fingerprint density at radius 2 is 1.79 bits per heavy atom. The van der Waals surface area contributed by atoms with Crippen molar-refractivity contribution < 1.29 is 9.13 Å². The average molecular weight is 521 g/mol. The van der Waals surface area contributed by atoms with Crippen molar-refractivity contribution in [2.24, 2.45) is 0 Å². The van der Waals surface area contributed by atoms with Gasteiger partial charge < -0.3 is 10.1 Å². The third-order valence-corrected chi connectivity index (χ3v) is 6.98. The fourth-order valence-corrected chi connectivity index (χ4v) is 5.06. The van der Waals surface area contributed by atoms with E-state index in [4.69, 9.17) is 9.84 Å². The van der Waals surface area contributed by atoms with Crippen molar-refractivity contribution in [3.05, 3.63) is 105 Å². The lowest BCUT2D eigenvalue weighted by Gasteiger charge is -2.39. The van der Waals surface area contributed by atoms with Gasteiger partial charge in [0, 0.05) is 21.2 Å². The minimum Gasteiger partial charge on any atom is -0.480 e. The molecule has 0 radical (unpaired) electrons. The average Bonchev–Trinajstić information content (AvgIpc) is 3.26. The molecule has 2 atom stereocenters. The van der Waals surface area contributed by atoms with Crippen LogP contribution < -0.4 is 10.1 Å². The molecule has 1 aromatic heterocycles. The topological polar surface area (TPSA) is 52.0 Å². The minimum absolute atomic E-state index is 0.295. The van der Waals surface area contributed by atoms with Gasteiger partial charge in [0.05, 0.1) is 5.70 Å². The van der Waals surface area contributed by atoms with Gasteiger partial charge in [-0.25, -0.2) is 9.07 Å². The van der Waals surface area contributed by atoms with E-state index in [0.717, 1.165) is 32.6 Å². The van der Waals surface area contributed by atoms with Crippen molar-refractivity contribution in [3.8, 4) is 5.75 Å². The highest BCUT2D eigenvalue weighted by Crippen LogP contribution is 2.51. The number of halogens is 2. The Morgan fingerprint density at radius 1 is 1.03 bits per heavy atom. The van der Waals surface area contributed by atoms with Gasteiger partial charge in [-0.1, -0.05) is 70.2 Å². The molecule has 6 rings (SSSR count). The van der Waals surface area contributed by atoms with Crippen LogP contribution in [0.5, 0.6) is 5.75 Å². The van der Waals surface area contributed by atoms with E-state index in [0.29, 0.717) is 16.7 Å². The standard InChI is InChI=1S/C25H18BrFN4OS/c1-33-25-29-24-28-21-17-7-3-5-9-19(17)32-23(14-10-12-15(26)13-11-14)20(21)22(31(24)30-25)16-6-2-4-8-18(16)27/h2-13,22-23H,1H3,(H,28,29,30). The summed E-state index contributed by atoms with van der Waals surface area (Å²) in [4.78, 5) is 4.65. The molecule has 164 valence electrons. The number of rotatable bonds is 3. The Hall–Kier alpha value is -3.10. The van der Waals surface area contributed by atoms with E-state index in [1.807, 2.05) is 60.9 Å². The largest absolute Gasteiger partial charge is 0.480 e. The fraction of sp³-hybridized carbons (Fsp3) is 0.120. The van der Waals surface area contributed by atoms with Crippen LogP contribution in [-0.4, -0.2) is 21.0 Å². The maximum Gasteiger partial charge on any atom is 0.227 e. The highest BCUT2D eigenvalue weighted by atomic mass is 79.9. The van der Waals surface area contributed by atoms with Crippen molar-refractivity contribution >= 4 is 39.3 Å². The monoisotopic (exact) mass is 520 g/mol. The molecule has 2 aliphatic heterocycles. The van der Waals surface area contributed by atoms with E-state index >= 15 is 4.39 Å². The Labute approximate surface area is 202 Å². The van der Waals surface area contributed by atoms with E-state index in [1.165, 1.54) is 17.8 Å². The number of hydrogen-bond donors (Lipinski definition) is 1. The number of aromatic nitrogens is 3. The van der Waals surface area contributed by atoms with Crippen LogP contribution in [-0.2, 0) is 0 Å². The Bertz CT molecular complexity index is 1400. The summed E-state index contributed by atoms with van der Waals surface area (Å²) in [5, 5.41) is 8.80. The van der Waals surface area contributed by atoms with Gasteiger partial charge >= 0.3 is 0 Å². The Morgan fingerprint density at radius 3 is 2.58 bits per heavy atom. The summed E-state index contributed by atoms with van der Waals surface area (Å²) in [5.74, 6) is 1.05. The molecular formula is C25H18BrFN4OS. The molecule has 0 amide bonds. The number of nitrogens with zero attached hydrogens (tertiary/aromatic N) is 3. The molecule has 0 aliphatic carbocycles. The normalized spacial score (nSPS) is 18.6. The molecule has 0 saturated carbocycles. The Kier molecular flexibility index (Phi) is 4.99. The lowest BCUT2D eigenvalue weighted by Crippen LogP contribution is -2.32. The zero-order valence-corrected chi connectivity index (χ0v) is 19.9. The summed E-state index contributed by atoms with van der Waals surface area (Å²) in [6, 6.07) is 22.2. The second-order valence-electron chi connectivity index (χ2n) is 7.79. The molecule has 2 unspecified atom stereocenters. The van der Waals surface area contributed by atoms with E-state index in [1.54, 1.807) is 16.8 Å².